The fourth-order valence-electron chi connectivity index (χ4n) is 4.31. The first-order chi connectivity index (χ1) is 13.2. The summed E-state index contributed by atoms with van der Waals surface area (Å²) in [6.07, 6.45) is 4.77. The number of amides is 1. The van der Waals surface area contributed by atoms with Gasteiger partial charge in [0.25, 0.3) is 5.91 Å². The second-order valence-corrected chi connectivity index (χ2v) is 7.24. The van der Waals surface area contributed by atoms with E-state index in [-0.39, 0.29) is 11.9 Å². The number of methoxy groups -OCH3 is 2. The van der Waals surface area contributed by atoms with E-state index < -0.39 is 0 Å². The van der Waals surface area contributed by atoms with Gasteiger partial charge in [0.15, 0.2) is 0 Å². The van der Waals surface area contributed by atoms with Gasteiger partial charge in [-0.15, -0.1) is 0 Å². The van der Waals surface area contributed by atoms with E-state index in [0.717, 1.165) is 32.6 Å². The first-order valence-corrected chi connectivity index (χ1v) is 9.34. The molecule has 4 rings (SSSR count). The Hall–Kier alpha value is -2.60. The number of fused-ring (bicyclic) bond motifs is 1. The molecule has 27 heavy (non-hydrogen) atoms. The number of aromatic nitrogens is 1. The van der Waals surface area contributed by atoms with Crippen LogP contribution in [0.3, 0.4) is 0 Å². The minimum absolute atomic E-state index is 0.0465. The van der Waals surface area contributed by atoms with Crippen molar-refractivity contribution >= 4 is 5.91 Å². The largest absolute Gasteiger partial charge is 0.497 e. The van der Waals surface area contributed by atoms with Crippen LogP contribution in [0.25, 0.3) is 0 Å². The lowest BCUT2D eigenvalue weighted by Crippen LogP contribution is -2.39. The Labute approximate surface area is 159 Å². The normalized spacial score (nSPS) is 21.9. The number of likely N-dealkylation sites (tertiary alicyclic amines) is 2. The highest BCUT2D eigenvalue weighted by atomic mass is 16.5. The first-order valence-electron chi connectivity index (χ1n) is 9.34. The predicted octanol–water partition coefficient (Wildman–Crippen LogP) is 2.45. The zero-order valence-corrected chi connectivity index (χ0v) is 15.8. The number of carbonyl (C=O) groups excluding carboxylic acids is 1. The third kappa shape index (κ3) is 3.49. The zero-order valence-electron chi connectivity index (χ0n) is 15.8. The molecule has 6 heteroatoms. The van der Waals surface area contributed by atoms with Gasteiger partial charge < -0.3 is 14.4 Å². The van der Waals surface area contributed by atoms with Crippen LogP contribution in [0.5, 0.6) is 11.5 Å². The maximum Gasteiger partial charge on any atom is 0.257 e. The molecule has 0 unspecified atom stereocenters. The van der Waals surface area contributed by atoms with Crippen LogP contribution in [-0.2, 0) is 6.54 Å². The van der Waals surface area contributed by atoms with Gasteiger partial charge in [0.05, 0.1) is 19.8 Å². The highest BCUT2D eigenvalue weighted by Crippen LogP contribution is 2.35. The molecule has 0 spiro atoms. The Morgan fingerprint density at radius 2 is 2.11 bits per heavy atom. The van der Waals surface area contributed by atoms with Crippen molar-refractivity contribution in [3.05, 3.63) is 53.9 Å². The van der Waals surface area contributed by atoms with Crippen LogP contribution in [0, 0.1) is 5.92 Å². The fraction of sp³-hybridized carbons (Fsp3) is 0.429. The van der Waals surface area contributed by atoms with E-state index in [1.807, 2.05) is 23.2 Å². The standard InChI is InChI=1S/C21H25N3O3/c1-26-17-5-6-18(20(10-17)27-2)21(25)24-9-7-16-13-23(14-19(16)24)12-15-4-3-8-22-11-15/h3-6,8,10-11,16,19H,7,9,12-14H2,1-2H3/t16-,19+/m0/s1. The lowest BCUT2D eigenvalue weighted by atomic mass is 10.0. The van der Waals surface area contributed by atoms with Gasteiger partial charge in [-0.05, 0) is 36.1 Å². The summed E-state index contributed by atoms with van der Waals surface area (Å²) < 4.78 is 10.7. The van der Waals surface area contributed by atoms with Crippen LogP contribution in [0.4, 0.5) is 0 Å². The average molecular weight is 367 g/mol. The van der Waals surface area contributed by atoms with Gasteiger partial charge >= 0.3 is 0 Å². The van der Waals surface area contributed by atoms with Crippen LogP contribution in [-0.4, -0.2) is 60.6 Å². The molecular weight excluding hydrogens is 342 g/mol. The molecule has 2 saturated heterocycles. The van der Waals surface area contributed by atoms with E-state index in [0.29, 0.717) is 23.0 Å². The number of nitrogens with zero attached hydrogens (tertiary/aromatic N) is 3. The number of pyridine rings is 1. The van der Waals surface area contributed by atoms with Gasteiger partial charge in [-0.2, -0.15) is 0 Å². The smallest absolute Gasteiger partial charge is 0.257 e. The van der Waals surface area contributed by atoms with Gasteiger partial charge in [-0.1, -0.05) is 6.07 Å². The molecule has 3 heterocycles. The number of carbonyl (C=O) groups is 1. The maximum absolute atomic E-state index is 13.2. The van der Waals surface area contributed by atoms with Crippen molar-refractivity contribution in [3.8, 4) is 11.5 Å². The average Bonchev–Trinajstić information content (AvgIpc) is 3.27. The van der Waals surface area contributed by atoms with Crippen molar-refractivity contribution in [2.75, 3.05) is 33.9 Å². The van der Waals surface area contributed by atoms with Crippen molar-refractivity contribution in [1.82, 2.24) is 14.8 Å². The molecule has 1 aromatic heterocycles. The number of hydrogen-bond acceptors (Lipinski definition) is 5. The molecule has 0 saturated carbocycles. The summed E-state index contributed by atoms with van der Waals surface area (Å²) in [7, 11) is 3.19. The van der Waals surface area contributed by atoms with Gasteiger partial charge in [0.1, 0.15) is 11.5 Å². The fourth-order valence-corrected chi connectivity index (χ4v) is 4.31. The van der Waals surface area contributed by atoms with Gasteiger partial charge in [0.2, 0.25) is 0 Å². The molecule has 2 fully saturated rings. The summed E-state index contributed by atoms with van der Waals surface area (Å²) in [6.45, 7) is 3.63. The number of rotatable bonds is 5. The van der Waals surface area contributed by atoms with Crippen molar-refractivity contribution in [2.45, 2.75) is 19.0 Å². The van der Waals surface area contributed by atoms with E-state index >= 15 is 0 Å². The highest BCUT2D eigenvalue weighted by Gasteiger charge is 2.43. The minimum atomic E-state index is 0.0465. The van der Waals surface area contributed by atoms with E-state index in [9.17, 15) is 4.79 Å². The summed E-state index contributed by atoms with van der Waals surface area (Å²) in [5.74, 6) is 1.83. The third-order valence-electron chi connectivity index (χ3n) is 5.65. The molecule has 2 aliphatic rings. The molecule has 2 atom stereocenters. The number of ether oxygens (including phenoxy) is 2. The Balaban J connectivity index is 1.48. The topological polar surface area (TPSA) is 54.9 Å². The Morgan fingerprint density at radius 3 is 2.85 bits per heavy atom. The van der Waals surface area contributed by atoms with Crippen LogP contribution >= 0.6 is 0 Å². The zero-order chi connectivity index (χ0) is 18.8. The molecule has 2 aromatic rings. The molecule has 0 N–H and O–H groups in total. The molecule has 142 valence electrons. The summed E-state index contributed by atoms with van der Waals surface area (Å²) in [5.41, 5.74) is 1.82. The number of hydrogen-bond donors (Lipinski definition) is 0. The molecular formula is C21H25N3O3. The number of benzene rings is 1. The van der Waals surface area contributed by atoms with E-state index in [1.165, 1.54) is 5.56 Å². The van der Waals surface area contributed by atoms with Crippen molar-refractivity contribution in [1.29, 1.82) is 0 Å². The molecule has 1 aromatic carbocycles. The van der Waals surface area contributed by atoms with Crippen molar-refractivity contribution < 1.29 is 14.3 Å². The van der Waals surface area contributed by atoms with Crippen molar-refractivity contribution in [2.24, 2.45) is 5.92 Å². The van der Waals surface area contributed by atoms with Crippen molar-refractivity contribution in [3.63, 3.8) is 0 Å². The van der Waals surface area contributed by atoms with E-state index in [2.05, 4.69) is 16.0 Å². The van der Waals surface area contributed by atoms with E-state index in [4.69, 9.17) is 9.47 Å². The second kappa shape index (κ2) is 7.56. The van der Waals surface area contributed by atoms with Crippen LogP contribution in [0.1, 0.15) is 22.3 Å². The Kier molecular flexibility index (Phi) is 4.99. The quantitative estimate of drug-likeness (QED) is 0.813. The minimum Gasteiger partial charge on any atom is -0.497 e. The molecule has 0 bridgehead atoms. The second-order valence-electron chi connectivity index (χ2n) is 7.24. The monoisotopic (exact) mass is 367 g/mol. The van der Waals surface area contributed by atoms with Gasteiger partial charge in [-0.3, -0.25) is 14.7 Å². The SMILES string of the molecule is COc1ccc(C(=O)N2CC[C@H]3CN(Cc4cccnc4)C[C@H]32)c(OC)c1. The lowest BCUT2D eigenvalue weighted by Gasteiger charge is -2.26. The van der Waals surface area contributed by atoms with Crippen LogP contribution < -0.4 is 9.47 Å². The molecule has 0 aliphatic carbocycles. The maximum atomic E-state index is 13.2. The summed E-state index contributed by atoms with van der Waals surface area (Å²) in [6, 6.07) is 9.72. The van der Waals surface area contributed by atoms with E-state index in [1.54, 1.807) is 32.5 Å². The molecule has 0 radical (unpaired) electrons. The molecule has 2 aliphatic heterocycles. The summed E-state index contributed by atoms with van der Waals surface area (Å²) in [4.78, 5) is 21.9. The Morgan fingerprint density at radius 1 is 1.22 bits per heavy atom. The summed E-state index contributed by atoms with van der Waals surface area (Å²) >= 11 is 0. The summed E-state index contributed by atoms with van der Waals surface area (Å²) in [5, 5.41) is 0. The molecule has 6 nitrogen and oxygen atoms in total. The third-order valence-corrected chi connectivity index (χ3v) is 5.65. The first kappa shape index (κ1) is 17.8. The highest BCUT2D eigenvalue weighted by molar-refractivity contribution is 5.97. The predicted molar refractivity (Wildman–Crippen MR) is 102 cm³/mol. The van der Waals surface area contributed by atoms with Gasteiger partial charge in [0, 0.05) is 50.7 Å². The Bertz CT molecular complexity index is 812. The van der Waals surface area contributed by atoms with Crippen LogP contribution in [0.15, 0.2) is 42.7 Å². The van der Waals surface area contributed by atoms with Gasteiger partial charge in [-0.25, -0.2) is 0 Å². The lowest BCUT2D eigenvalue weighted by molar-refractivity contribution is 0.0723. The molecule has 1 amide bonds. The van der Waals surface area contributed by atoms with Crippen LogP contribution in [0.2, 0.25) is 0 Å².